The smallest absolute Gasteiger partial charge is 0.0705 e. The van der Waals surface area contributed by atoms with Gasteiger partial charge in [0, 0.05) is 18.1 Å². The Balaban J connectivity index is 2.03. The largest absolute Gasteiger partial charge is 0.393 e. The predicted octanol–water partition coefficient (Wildman–Crippen LogP) is 2.10. The second kappa shape index (κ2) is 5.75. The average Bonchev–Trinajstić information content (AvgIpc) is 2.34. The van der Waals surface area contributed by atoms with Crippen molar-refractivity contribution in [2.75, 3.05) is 6.54 Å². The van der Waals surface area contributed by atoms with Crippen LogP contribution in [0.1, 0.15) is 18.9 Å². The van der Waals surface area contributed by atoms with Gasteiger partial charge in [-0.15, -0.1) is 0 Å². The summed E-state index contributed by atoms with van der Waals surface area (Å²) in [6, 6.07) is 10.2. The van der Waals surface area contributed by atoms with Crippen molar-refractivity contribution in [1.29, 1.82) is 0 Å². The Bertz CT molecular complexity index is 477. The van der Waals surface area contributed by atoms with Gasteiger partial charge in [-0.1, -0.05) is 18.2 Å². The van der Waals surface area contributed by atoms with Crippen molar-refractivity contribution in [1.82, 2.24) is 10.3 Å². The van der Waals surface area contributed by atoms with Gasteiger partial charge in [-0.3, -0.25) is 4.98 Å². The molecule has 0 amide bonds. The molecule has 0 aliphatic rings. The van der Waals surface area contributed by atoms with E-state index in [0.29, 0.717) is 0 Å². The van der Waals surface area contributed by atoms with Crippen molar-refractivity contribution in [3.8, 4) is 0 Å². The van der Waals surface area contributed by atoms with Crippen LogP contribution in [0, 0.1) is 0 Å². The van der Waals surface area contributed by atoms with Gasteiger partial charge in [0.05, 0.1) is 11.6 Å². The zero-order valence-corrected chi connectivity index (χ0v) is 10.1. The molecule has 3 nitrogen and oxygen atoms in total. The van der Waals surface area contributed by atoms with E-state index in [0.717, 1.165) is 25.0 Å². The van der Waals surface area contributed by atoms with Crippen LogP contribution in [0.2, 0.25) is 0 Å². The predicted molar refractivity (Wildman–Crippen MR) is 69.7 cm³/mol. The molecule has 0 bridgehead atoms. The van der Waals surface area contributed by atoms with Crippen molar-refractivity contribution in [3.05, 3.63) is 42.1 Å². The van der Waals surface area contributed by atoms with Gasteiger partial charge < -0.3 is 10.4 Å². The molecule has 0 fully saturated rings. The van der Waals surface area contributed by atoms with Gasteiger partial charge in [0.25, 0.3) is 0 Å². The van der Waals surface area contributed by atoms with Crippen molar-refractivity contribution < 1.29 is 5.11 Å². The topological polar surface area (TPSA) is 45.1 Å². The summed E-state index contributed by atoms with van der Waals surface area (Å²) in [6.45, 7) is 3.45. The lowest BCUT2D eigenvalue weighted by atomic mass is 10.1. The highest BCUT2D eigenvalue weighted by molar-refractivity contribution is 5.81. The lowest BCUT2D eigenvalue weighted by Crippen LogP contribution is -2.18. The van der Waals surface area contributed by atoms with Crippen molar-refractivity contribution >= 4 is 10.9 Å². The van der Waals surface area contributed by atoms with E-state index in [2.05, 4.69) is 16.4 Å². The Morgan fingerprint density at radius 3 is 2.94 bits per heavy atom. The lowest BCUT2D eigenvalue weighted by molar-refractivity contribution is 0.183. The van der Waals surface area contributed by atoms with Crippen LogP contribution in [0.15, 0.2) is 36.5 Å². The number of nitrogens with one attached hydrogen (secondary N) is 1. The number of pyridine rings is 1. The third-order valence-corrected chi connectivity index (χ3v) is 2.79. The molecule has 90 valence electrons. The van der Waals surface area contributed by atoms with Crippen LogP contribution in [0.25, 0.3) is 10.9 Å². The van der Waals surface area contributed by atoms with E-state index >= 15 is 0 Å². The standard InChI is InChI=1S/C14H18N2O/c1-11(17)6-8-15-10-12-7-9-16-14-5-3-2-4-13(12)14/h2-5,7,9,11,15,17H,6,8,10H2,1H3. The molecule has 2 rings (SSSR count). The Kier molecular flexibility index (Phi) is 4.07. The molecule has 0 radical (unpaired) electrons. The highest BCUT2D eigenvalue weighted by Crippen LogP contribution is 2.15. The van der Waals surface area contributed by atoms with E-state index < -0.39 is 0 Å². The minimum absolute atomic E-state index is 0.239. The van der Waals surface area contributed by atoms with Gasteiger partial charge in [0.15, 0.2) is 0 Å². The molecule has 17 heavy (non-hydrogen) atoms. The molecule has 2 N–H and O–H groups in total. The Morgan fingerprint density at radius 1 is 1.29 bits per heavy atom. The fourth-order valence-corrected chi connectivity index (χ4v) is 1.84. The van der Waals surface area contributed by atoms with Crippen LogP contribution in [0.5, 0.6) is 0 Å². The monoisotopic (exact) mass is 230 g/mol. The molecule has 1 unspecified atom stereocenters. The van der Waals surface area contributed by atoms with E-state index in [9.17, 15) is 5.11 Å². The zero-order chi connectivity index (χ0) is 12.1. The zero-order valence-electron chi connectivity index (χ0n) is 10.1. The molecule has 1 aromatic carbocycles. The Hall–Kier alpha value is -1.45. The first-order valence-electron chi connectivity index (χ1n) is 5.99. The SMILES string of the molecule is CC(O)CCNCc1ccnc2ccccc12. The molecule has 0 aliphatic carbocycles. The van der Waals surface area contributed by atoms with Crippen molar-refractivity contribution in [3.63, 3.8) is 0 Å². The van der Waals surface area contributed by atoms with E-state index in [1.54, 1.807) is 0 Å². The van der Waals surface area contributed by atoms with Gasteiger partial charge in [-0.2, -0.15) is 0 Å². The maximum Gasteiger partial charge on any atom is 0.0705 e. The van der Waals surface area contributed by atoms with E-state index in [1.165, 1.54) is 10.9 Å². The summed E-state index contributed by atoms with van der Waals surface area (Å²) in [6.07, 6.45) is 2.38. The fourth-order valence-electron chi connectivity index (χ4n) is 1.84. The molecular formula is C14H18N2O. The minimum Gasteiger partial charge on any atom is -0.393 e. The number of rotatable bonds is 5. The number of fused-ring (bicyclic) bond motifs is 1. The molecule has 3 heteroatoms. The Morgan fingerprint density at radius 2 is 2.12 bits per heavy atom. The van der Waals surface area contributed by atoms with Gasteiger partial charge in [0.2, 0.25) is 0 Å². The van der Waals surface area contributed by atoms with Gasteiger partial charge in [0.1, 0.15) is 0 Å². The first kappa shape index (κ1) is 12.0. The first-order valence-corrected chi connectivity index (χ1v) is 5.99. The second-order valence-corrected chi connectivity index (χ2v) is 4.30. The summed E-state index contributed by atoms with van der Waals surface area (Å²) < 4.78 is 0. The number of aliphatic hydroxyl groups excluding tert-OH is 1. The number of para-hydroxylation sites is 1. The van der Waals surface area contributed by atoms with E-state index in [4.69, 9.17) is 0 Å². The van der Waals surface area contributed by atoms with Crippen LogP contribution < -0.4 is 5.32 Å². The maximum atomic E-state index is 9.17. The molecule has 2 aromatic rings. The average molecular weight is 230 g/mol. The van der Waals surface area contributed by atoms with Crippen LogP contribution in [-0.4, -0.2) is 22.7 Å². The van der Waals surface area contributed by atoms with Crippen LogP contribution >= 0.6 is 0 Å². The van der Waals surface area contributed by atoms with Crippen LogP contribution in [-0.2, 0) is 6.54 Å². The number of aromatic nitrogens is 1. The summed E-state index contributed by atoms with van der Waals surface area (Å²) in [5.74, 6) is 0. The van der Waals surface area contributed by atoms with Crippen LogP contribution in [0.3, 0.4) is 0 Å². The van der Waals surface area contributed by atoms with Crippen LogP contribution in [0.4, 0.5) is 0 Å². The fraction of sp³-hybridized carbons (Fsp3) is 0.357. The molecule has 1 atom stereocenters. The van der Waals surface area contributed by atoms with E-state index in [1.807, 2.05) is 37.4 Å². The van der Waals surface area contributed by atoms with Crippen molar-refractivity contribution in [2.24, 2.45) is 0 Å². The molecule has 0 saturated heterocycles. The molecule has 0 aliphatic heterocycles. The minimum atomic E-state index is -0.239. The summed E-state index contributed by atoms with van der Waals surface area (Å²) >= 11 is 0. The van der Waals surface area contributed by atoms with Gasteiger partial charge in [-0.25, -0.2) is 0 Å². The molecule has 0 spiro atoms. The lowest BCUT2D eigenvalue weighted by Gasteiger charge is -2.08. The Labute approximate surface area is 102 Å². The number of aliphatic hydroxyl groups is 1. The van der Waals surface area contributed by atoms with Gasteiger partial charge in [-0.05, 0) is 37.6 Å². The maximum absolute atomic E-state index is 9.17. The first-order chi connectivity index (χ1) is 8.27. The number of hydrogen-bond acceptors (Lipinski definition) is 3. The third-order valence-electron chi connectivity index (χ3n) is 2.79. The molecular weight excluding hydrogens is 212 g/mol. The summed E-state index contributed by atoms with van der Waals surface area (Å²) in [5.41, 5.74) is 2.28. The number of nitrogens with zero attached hydrogens (tertiary/aromatic N) is 1. The number of hydrogen-bond donors (Lipinski definition) is 2. The highest BCUT2D eigenvalue weighted by atomic mass is 16.3. The third kappa shape index (κ3) is 3.25. The molecule has 0 saturated carbocycles. The summed E-state index contributed by atoms with van der Waals surface area (Å²) in [4.78, 5) is 4.33. The quantitative estimate of drug-likeness (QED) is 0.773. The summed E-state index contributed by atoms with van der Waals surface area (Å²) in [5, 5.41) is 13.7. The van der Waals surface area contributed by atoms with Gasteiger partial charge >= 0.3 is 0 Å². The highest BCUT2D eigenvalue weighted by Gasteiger charge is 2.01. The number of benzene rings is 1. The van der Waals surface area contributed by atoms with E-state index in [-0.39, 0.29) is 6.10 Å². The molecule has 1 heterocycles. The summed E-state index contributed by atoms with van der Waals surface area (Å²) in [7, 11) is 0. The normalized spacial score (nSPS) is 12.8. The van der Waals surface area contributed by atoms with Crippen molar-refractivity contribution in [2.45, 2.75) is 26.0 Å². The second-order valence-electron chi connectivity index (χ2n) is 4.30. The molecule has 1 aromatic heterocycles.